The number of hydrogen-bond donors (Lipinski definition) is 2. The SMILES string of the molecule is CN1CCN(c2ccccc2CN2CCN[C@H](CN(C)[C@H]3CCC(C(c4ccc(C(F)(F)F)cc4)N4CCN[C@H](CN(C)[C@H]5CCCc6cccnc65)C4)c4cccnc43)C2)CC1. The number of nitrogens with one attached hydrogen (secondary N) is 2. The van der Waals surface area contributed by atoms with Crippen molar-refractivity contribution in [3.63, 3.8) is 0 Å². The van der Waals surface area contributed by atoms with Gasteiger partial charge in [-0.05, 0) is 106 Å². The van der Waals surface area contributed by atoms with Gasteiger partial charge in [-0.2, -0.15) is 13.2 Å². The number of pyridine rings is 2. The van der Waals surface area contributed by atoms with E-state index >= 15 is 0 Å². The lowest BCUT2D eigenvalue weighted by Gasteiger charge is -2.46. The molecule has 9 rings (SSSR count). The Hall–Kier alpha value is -3.95. The van der Waals surface area contributed by atoms with Crippen LogP contribution in [0.4, 0.5) is 18.9 Å². The molecule has 3 saturated heterocycles. The van der Waals surface area contributed by atoms with Crippen LogP contribution in [0.15, 0.2) is 85.2 Å². The highest BCUT2D eigenvalue weighted by molar-refractivity contribution is 5.54. The van der Waals surface area contributed by atoms with Gasteiger partial charge in [0, 0.05) is 127 Å². The summed E-state index contributed by atoms with van der Waals surface area (Å²) in [5, 5.41) is 7.65. The van der Waals surface area contributed by atoms with Gasteiger partial charge in [-0.1, -0.05) is 42.5 Å². The summed E-state index contributed by atoms with van der Waals surface area (Å²) in [6, 6.07) is 24.4. The molecule has 0 radical (unpaired) electrons. The fourth-order valence-corrected chi connectivity index (χ4v) is 11.6. The van der Waals surface area contributed by atoms with Crippen LogP contribution in [0.25, 0.3) is 0 Å². The Kier molecular flexibility index (Phi) is 13.8. The van der Waals surface area contributed by atoms with E-state index in [1.165, 1.54) is 40.2 Å². The van der Waals surface area contributed by atoms with E-state index in [1.807, 2.05) is 24.5 Å². The molecule has 3 aliphatic heterocycles. The van der Waals surface area contributed by atoms with E-state index in [9.17, 15) is 13.2 Å². The van der Waals surface area contributed by atoms with Crippen LogP contribution in [0.2, 0.25) is 0 Å². The van der Waals surface area contributed by atoms with Gasteiger partial charge in [-0.15, -0.1) is 0 Å². The van der Waals surface area contributed by atoms with Crippen molar-refractivity contribution in [2.75, 3.05) is 105 Å². The van der Waals surface area contributed by atoms with E-state index in [4.69, 9.17) is 9.97 Å². The van der Waals surface area contributed by atoms with Crippen LogP contribution in [0.3, 0.4) is 0 Å². The molecule has 4 aromatic rings. The minimum absolute atomic E-state index is 0.0873. The van der Waals surface area contributed by atoms with Crippen LogP contribution < -0.4 is 15.5 Å². The van der Waals surface area contributed by atoms with Crippen LogP contribution in [-0.2, 0) is 19.1 Å². The van der Waals surface area contributed by atoms with Gasteiger partial charge in [0.15, 0.2) is 0 Å². The molecular weight excluding hydrogens is 798 g/mol. The van der Waals surface area contributed by atoms with Crippen molar-refractivity contribution < 1.29 is 13.2 Å². The molecule has 2 N–H and O–H groups in total. The van der Waals surface area contributed by atoms with Crippen LogP contribution in [0.5, 0.6) is 0 Å². The maximum Gasteiger partial charge on any atom is 0.416 e. The molecule has 63 heavy (non-hydrogen) atoms. The number of benzene rings is 2. The maximum absolute atomic E-state index is 13.9. The second-order valence-electron chi connectivity index (χ2n) is 19.0. The Bertz CT molecular complexity index is 2110. The van der Waals surface area contributed by atoms with Gasteiger partial charge < -0.3 is 20.4 Å². The number of alkyl halides is 3. The molecule has 2 aromatic heterocycles. The number of fused-ring (bicyclic) bond motifs is 2. The first-order valence-electron chi connectivity index (χ1n) is 23.5. The number of para-hydroxylation sites is 1. The topological polar surface area (TPSA) is 69.3 Å². The summed E-state index contributed by atoms with van der Waals surface area (Å²) < 4.78 is 41.7. The summed E-state index contributed by atoms with van der Waals surface area (Å²) in [6.45, 7) is 12.4. The van der Waals surface area contributed by atoms with E-state index in [1.54, 1.807) is 12.1 Å². The summed E-state index contributed by atoms with van der Waals surface area (Å²) >= 11 is 0. The molecule has 3 fully saturated rings. The molecule has 2 aromatic carbocycles. The van der Waals surface area contributed by atoms with E-state index < -0.39 is 11.7 Å². The summed E-state index contributed by atoms with van der Waals surface area (Å²) in [4.78, 5) is 25.0. The number of rotatable bonds is 12. The fourth-order valence-electron chi connectivity index (χ4n) is 11.6. The largest absolute Gasteiger partial charge is 0.416 e. The first kappa shape index (κ1) is 44.3. The van der Waals surface area contributed by atoms with Crippen LogP contribution in [-0.4, -0.2) is 146 Å². The van der Waals surface area contributed by atoms with Gasteiger partial charge in [-0.3, -0.25) is 29.6 Å². The van der Waals surface area contributed by atoms with Crippen molar-refractivity contribution in [1.29, 1.82) is 0 Å². The standard InChI is InChI=1S/C50H67F3N10/c1-58-27-29-62(30-28-58)44-13-5-4-9-38(44)31-61-25-23-54-40(34-61)32-60(3)46-20-19-43(42-12-8-22-57-48(42)46)49(37-15-17-39(18-16-37)50(51,52)53)63-26-24-55-41(35-63)33-59(2)45-14-6-10-36-11-7-21-56-47(36)45/h4-5,7-9,11-13,15-18,21-22,40-41,43,45-46,49,54-55H,6,10,14,19-20,23-35H2,1-3H3/t40-,41-,43?,45+,46+,49?/m1/s1. The number of aryl methyl sites for hydroxylation is 1. The maximum atomic E-state index is 13.9. The van der Waals surface area contributed by atoms with Gasteiger partial charge in [0.2, 0.25) is 0 Å². The second kappa shape index (κ2) is 19.7. The zero-order valence-corrected chi connectivity index (χ0v) is 37.5. The van der Waals surface area contributed by atoms with Gasteiger partial charge in [-0.25, -0.2) is 0 Å². The monoisotopic (exact) mass is 865 g/mol. The van der Waals surface area contributed by atoms with Gasteiger partial charge in [0.05, 0.1) is 29.0 Å². The van der Waals surface area contributed by atoms with Crippen LogP contribution in [0, 0.1) is 0 Å². The predicted molar refractivity (Wildman–Crippen MR) is 245 cm³/mol. The Morgan fingerprint density at radius 1 is 0.730 bits per heavy atom. The minimum atomic E-state index is -4.39. The van der Waals surface area contributed by atoms with Crippen LogP contribution in [0.1, 0.15) is 88.9 Å². The molecule has 2 aliphatic carbocycles. The zero-order chi connectivity index (χ0) is 43.5. The van der Waals surface area contributed by atoms with Gasteiger partial charge in [0.25, 0.3) is 0 Å². The third-order valence-electron chi connectivity index (χ3n) is 14.8. The number of aromatic nitrogens is 2. The van der Waals surface area contributed by atoms with Crippen molar-refractivity contribution in [1.82, 2.24) is 45.1 Å². The number of halogens is 3. The number of likely N-dealkylation sites (N-methyl/N-ethyl adjacent to an activating group) is 3. The third kappa shape index (κ3) is 10.1. The fraction of sp³-hybridized carbons (Fsp3) is 0.560. The lowest BCUT2D eigenvalue weighted by atomic mass is 9.75. The summed E-state index contributed by atoms with van der Waals surface area (Å²) in [5.74, 6) is 0.0876. The highest BCUT2D eigenvalue weighted by Crippen LogP contribution is 2.48. The van der Waals surface area contributed by atoms with Gasteiger partial charge in [0.1, 0.15) is 0 Å². The Balaban J connectivity index is 0.911. The van der Waals surface area contributed by atoms with E-state index in [2.05, 4.69) is 97.6 Å². The molecule has 6 atom stereocenters. The number of hydrogen-bond acceptors (Lipinski definition) is 10. The highest BCUT2D eigenvalue weighted by Gasteiger charge is 2.41. The zero-order valence-electron chi connectivity index (χ0n) is 37.5. The molecule has 13 heteroatoms. The second-order valence-corrected chi connectivity index (χ2v) is 19.0. The molecule has 0 bridgehead atoms. The average molecular weight is 865 g/mol. The number of piperazine rings is 3. The van der Waals surface area contributed by atoms with E-state index in [0.717, 1.165) is 128 Å². The van der Waals surface area contributed by atoms with Crippen molar-refractivity contribution in [2.45, 2.75) is 81.0 Å². The number of nitrogens with zero attached hydrogens (tertiary/aromatic N) is 8. The lowest BCUT2D eigenvalue weighted by molar-refractivity contribution is -0.137. The van der Waals surface area contributed by atoms with Crippen LogP contribution >= 0.6 is 0 Å². The highest BCUT2D eigenvalue weighted by atomic mass is 19.4. The van der Waals surface area contributed by atoms with Crippen molar-refractivity contribution >= 4 is 5.69 Å². The lowest BCUT2D eigenvalue weighted by Crippen LogP contribution is -2.56. The van der Waals surface area contributed by atoms with Gasteiger partial charge >= 0.3 is 6.18 Å². The molecule has 10 nitrogen and oxygen atoms in total. The van der Waals surface area contributed by atoms with Crippen molar-refractivity contribution in [2.24, 2.45) is 0 Å². The van der Waals surface area contributed by atoms with E-state index in [0.29, 0.717) is 6.04 Å². The third-order valence-corrected chi connectivity index (χ3v) is 14.8. The molecule has 338 valence electrons. The average Bonchev–Trinajstić information content (AvgIpc) is 3.29. The quantitative estimate of drug-likeness (QED) is 0.163. The Morgan fingerprint density at radius 3 is 2.17 bits per heavy atom. The summed E-state index contributed by atoms with van der Waals surface area (Å²) in [5.41, 5.74) is 8.00. The molecule has 0 amide bonds. The summed E-state index contributed by atoms with van der Waals surface area (Å²) in [7, 11) is 6.67. The molecule has 5 aliphatic rings. The van der Waals surface area contributed by atoms with Crippen molar-refractivity contribution in [3.8, 4) is 0 Å². The first-order valence-corrected chi connectivity index (χ1v) is 23.5. The molecule has 2 unspecified atom stereocenters. The minimum Gasteiger partial charge on any atom is -0.369 e. The number of anilines is 1. The Labute approximate surface area is 372 Å². The normalized spacial score (nSPS) is 25.8. The molecular formula is C50H67F3N10. The first-order chi connectivity index (χ1) is 30.6. The molecule has 0 spiro atoms. The van der Waals surface area contributed by atoms with Crippen molar-refractivity contribution in [3.05, 3.63) is 124 Å². The molecule has 5 heterocycles. The molecule has 0 saturated carbocycles. The Morgan fingerprint density at radius 2 is 1.41 bits per heavy atom. The van der Waals surface area contributed by atoms with E-state index in [-0.39, 0.29) is 30.1 Å². The smallest absolute Gasteiger partial charge is 0.369 e. The predicted octanol–water partition coefficient (Wildman–Crippen LogP) is 6.60. The summed E-state index contributed by atoms with van der Waals surface area (Å²) in [6.07, 6.45) is 4.63.